The van der Waals surface area contributed by atoms with Crippen LogP contribution in [0.2, 0.25) is 0 Å². The number of hydrogen-bond donors (Lipinski definition) is 1. The third-order valence-electron chi connectivity index (χ3n) is 2.30. The topological polar surface area (TPSA) is 29.1 Å². The molecule has 0 fully saturated rings. The molecule has 2 rings (SSSR count). The van der Waals surface area contributed by atoms with Gasteiger partial charge in [-0.25, -0.2) is 0 Å². The summed E-state index contributed by atoms with van der Waals surface area (Å²) in [5.74, 6) is -0.0947. The molecule has 0 heterocycles. The van der Waals surface area contributed by atoms with Gasteiger partial charge in [0.05, 0.1) is 11.3 Å². The molecule has 2 nitrogen and oxygen atoms in total. The maximum atomic E-state index is 12.2. The van der Waals surface area contributed by atoms with Crippen molar-refractivity contribution in [3.8, 4) is 0 Å². The lowest BCUT2D eigenvalue weighted by atomic mass is 10.2. The molecule has 0 saturated heterocycles. The van der Waals surface area contributed by atoms with Crippen LogP contribution in [0.4, 0.5) is 5.69 Å². The van der Waals surface area contributed by atoms with Crippen molar-refractivity contribution in [3.05, 3.63) is 59.6 Å². The van der Waals surface area contributed by atoms with E-state index in [9.17, 15) is 4.79 Å². The van der Waals surface area contributed by atoms with E-state index in [0.717, 1.165) is 17.3 Å². The minimum Gasteiger partial charge on any atom is -0.321 e. The van der Waals surface area contributed by atoms with Gasteiger partial charge in [-0.3, -0.25) is 4.79 Å². The molecular formula is C13H8BrI2NO. The summed E-state index contributed by atoms with van der Waals surface area (Å²) in [5.41, 5.74) is 1.47. The molecule has 0 saturated carbocycles. The van der Waals surface area contributed by atoms with E-state index < -0.39 is 0 Å². The molecule has 0 aliphatic rings. The van der Waals surface area contributed by atoms with Gasteiger partial charge in [-0.1, -0.05) is 12.1 Å². The van der Waals surface area contributed by atoms with E-state index in [2.05, 4.69) is 66.4 Å². The molecule has 0 aliphatic carbocycles. The second kappa shape index (κ2) is 6.33. The molecule has 18 heavy (non-hydrogen) atoms. The number of anilines is 1. The van der Waals surface area contributed by atoms with E-state index in [1.54, 1.807) is 0 Å². The van der Waals surface area contributed by atoms with E-state index in [1.165, 1.54) is 0 Å². The second-order valence-electron chi connectivity index (χ2n) is 3.56. The highest BCUT2D eigenvalue weighted by atomic mass is 127. The summed E-state index contributed by atoms with van der Waals surface area (Å²) in [6, 6.07) is 13.3. The lowest BCUT2D eigenvalue weighted by Crippen LogP contribution is -2.13. The van der Waals surface area contributed by atoms with Gasteiger partial charge in [-0.2, -0.15) is 0 Å². The summed E-state index contributed by atoms with van der Waals surface area (Å²) in [5, 5.41) is 2.91. The normalized spacial score (nSPS) is 10.2. The van der Waals surface area contributed by atoms with Crippen LogP contribution < -0.4 is 5.32 Å². The van der Waals surface area contributed by atoms with Gasteiger partial charge < -0.3 is 5.32 Å². The summed E-state index contributed by atoms with van der Waals surface area (Å²) in [6.07, 6.45) is 0. The standard InChI is InChI=1S/C13H8BrI2NO/c14-10-6-5-8(15)7-12(10)17-13(18)9-3-1-2-4-11(9)16/h1-7H,(H,17,18). The zero-order valence-electron chi connectivity index (χ0n) is 9.08. The average Bonchev–Trinajstić information content (AvgIpc) is 2.34. The third kappa shape index (κ3) is 3.45. The molecule has 92 valence electrons. The predicted octanol–water partition coefficient (Wildman–Crippen LogP) is 4.91. The Bertz CT molecular complexity index is 601. The quantitative estimate of drug-likeness (QED) is 0.553. The minimum atomic E-state index is -0.0947. The maximum absolute atomic E-state index is 12.2. The fourth-order valence-corrected chi connectivity index (χ4v) is 2.90. The van der Waals surface area contributed by atoms with Crippen LogP contribution in [0.25, 0.3) is 0 Å². The van der Waals surface area contributed by atoms with Crippen LogP contribution in [0.5, 0.6) is 0 Å². The summed E-state index contributed by atoms with van der Waals surface area (Å²) >= 11 is 7.81. The van der Waals surface area contributed by atoms with Crippen molar-refractivity contribution in [1.82, 2.24) is 0 Å². The van der Waals surface area contributed by atoms with Crippen molar-refractivity contribution in [3.63, 3.8) is 0 Å². The summed E-state index contributed by atoms with van der Waals surface area (Å²) in [6.45, 7) is 0. The van der Waals surface area contributed by atoms with Gasteiger partial charge >= 0.3 is 0 Å². The number of rotatable bonds is 2. The molecule has 0 radical (unpaired) electrons. The zero-order chi connectivity index (χ0) is 13.1. The van der Waals surface area contributed by atoms with Crippen LogP contribution in [-0.2, 0) is 0 Å². The van der Waals surface area contributed by atoms with Gasteiger partial charge in [0.2, 0.25) is 0 Å². The van der Waals surface area contributed by atoms with E-state index in [4.69, 9.17) is 0 Å². The number of halogens is 3. The van der Waals surface area contributed by atoms with E-state index >= 15 is 0 Å². The van der Waals surface area contributed by atoms with Gasteiger partial charge in [0.25, 0.3) is 5.91 Å². The van der Waals surface area contributed by atoms with Crippen molar-refractivity contribution in [2.24, 2.45) is 0 Å². The monoisotopic (exact) mass is 527 g/mol. The molecule has 0 aromatic heterocycles. The zero-order valence-corrected chi connectivity index (χ0v) is 15.0. The van der Waals surface area contributed by atoms with Crippen LogP contribution >= 0.6 is 61.1 Å². The van der Waals surface area contributed by atoms with Gasteiger partial charge in [0, 0.05) is 11.6 Å². The lowest BCUT2D eigenvalue weighted by Gasteiger charge is -2.09. The van der Waals surface area contributed by atoms with Crippen LogP contribution in [0, 0.1) is 7.14 Å². The van der Waals surface area contributed by atoms with Crippen molar-refractivity contribution in [1.29, 1.82) is 0 Å². The Morgan fingerprint density at radius 1 is 1.11 bits per heavy atom. The second-order valence-corrected chi connectivity index (χ2v) is 6.82. The number of hydrogen-bond acceptors (Lipinski definition) is 1. The summed E-state index contributed by atoms with van der Waals surface area (Å²) < 4.78 is 2.89. The molecule has 0 bridgehead atoms. The molecule has 0 atom stereocenters. The Balaban J connectivity index is 2.27. The minimum absolute atomic E-state index is 0.0947. The first-order valence-corrected chi connectivity index (χ1v) is 8.04. The Morgan fingerprint density at radius 2 is 1.83 bits per heavy atom. The number of carbonyl (C=O) groups is 1. The Hall–Kier alpha value is -0.150. The van der Waals surface area contributed by atoms with Crippen molar-refractivity contribution in [2.45, 2.75) is 0 Å². The number of nitrogens with one attached hydrogen (secondary N) is 1. The number of benzene rings is 2. The van der Waals surface area contributed by atoms with Crippen molar-refractivity contribution < 1.29 is 4.79 Å². The molecule has 5 heteroatoms. The highest BCUT2D eigenvalue weighted by Crippen LogP contribution is 2.25. The van der Waals surface area contributed by atoms with E-state index in [1.807, 2.05) is 42.5 Å². The first kappa shape index (κ1) is 14.3. The van der Waals surface area contributed by atoms with Crippen LogP contribution in [-0.4, -0.2) is 5.91 Å². The van der Waals surface area contributed by atoms with Crippen molar-refractivity contribution >= 4 is 72.7 Å². The molecular weight excluding hydrogens is 520 g/mol. The lowest BCUT2D eigenvalue weighted by molar-refractivity contribution is 0.102. The number of amides is 1. The van der Waals surface area contributed by atoms with Crippen LogP contribution in [0.3, 0.4) is 0 Å². The Morgan fingerprint density at radius 3 is 2.56 bits per heavy atom. The maximum Gasteiger partial charge on any atom is 0.256 e. The first-order chi connectivity index (χ1) is 8.58. The summed E-state index contributed by atoms with van der Waals surface area (Å²) in [4.78, 5) is 12.2. The molecule has 2 aromatic carbocycles. The molecule has 1 amide bonds. The predicted molar refractivity (Wildman–Crippen MR) is 94.0 cm³/mol. The van der Waals surface area contributed by atoms with Crippen LogP contribution in [0.15, 0.2) is 46.9 Å². The van der Waals surface area contributed by atoms with Crippen LogP contribution in [0.1, 0.15) is 10.4 Å². The fraction of sp³-hybridized carbons (Fsp3) is 0. The highest BCUT2D eigenvalue weighted by molar-refractivity contribution is 14.1. The molecule has 0 unspecified atom stereocenters. The average molecular weight is 528 g/mol. The summed E-state index contributed by atoms with van der Waals surface area (Å²) in [7, 11) is 0. The fourth-order valence-electron chi connectivity index (χ4n) is 1.43. The van der Waals surface area contributed by atoms with Crippen molar-refractivity contribution in [2.75, 3.05) is 5.32 Å². The van der Waals surface area contributed by atoms with E-state index in [0.29, 0.717) is 5.56 Å². The Kier molecular flexibility index (Phi) is 5.02. The van der Waals surface area contributed by atoms with Gasteiger partial charge in [-0.05, 0) is 91.4 Å². The smallest absolute Gasteiger partial charge is 0.256 e. The molecule has 0 aliphatic heterocycles. The SMILES string of the molecule is O=C(Nc1cc(I)ccc1Br)c1ccccc1I. The number of carbonyl (C=O) groups excluding carboxylic acids is 1. The highest BCUT2D eigenvalue weighted by Gasteiger charge is 2.11. The van der Waals surface area contributed by atoms with Gasteiger partial charge in [0.1, 0.15) is 0 Å². The van der Waals surface area contributed by atoms with E-state index in [-0.39, 0.29) is 5.91 Å². The molecule has 2 aromatic rings. The third-order valence-corrected chi connectivity index (χ3v) is 4.60. The molecule has 1 N–H and O–H groups in total. The largest absolute Gasteiger partial charge is 0.321 e. The first-order valence-electron chi connectivity index (χ1n) is 5.09. The molecule has 0 spiro atoms. The Labute approximate surface area is 141 Å². The van der Waals surface area contributed by atoms with Gasteiger partial charge in [-0.15, -0.1) is 0 Å². The van der Waals surface area contributed by atoms with Gasteiger partial charge in [0.15, 0.2) is 0 Å².